The van der Waals surface area contributed by atoms with Gasteiger partial charge in [-0.3, -0.25) is 6.08 Å². The molecule has 0 atom stereocenters. The number of rotatable bonds is 4. The summed E-state index contributed by atoms with van der Waals surface area (Å²) in [5, 5.41) is 5.32. The third-order valence-electron chi connectivity index (χ3n) is 4.77. The third-order valence-corrected chi connectivity index (χ3v) is 4.77. The van der Waals surface area contributed by atoms with Crippen LogP contribution < -0.4 is 24.8 Å². The minimum atomic E-state index is 0. The number of aryl methyl sites for hydroxylation is 1. The Morgan fingerprint density at radius 3 is 1.56 bits per heavy atom. The predicted octanol–water partition coefficient (Wildman–Crippen LogP) is 2.12. The van der Waals surface area contributed by atoms with E-state index in [2.05, 4.69) is 109 Å². The molecule has 0 aliphatic rings. The van der Waals surface area contributed by atoms with Crippen LogP contribution in [0, 0.1) is 6.58 Å². The number of hydrogen-bond acceptors (Lipinski definition) is 0. The van der Waals surface area contributed by atoms with E-state index in [4.69, 9.17) is 6.58 Å². The third kappa shape index (κ3) is 10.0. The van der Waals surface area contributed by atoms with Crippen molar-refractivity contribution in [3.8, 4) is 0 Å². The van der Waals surface area contributed by atoms with E-state index in [-0.39, 0.29) is 46.5 Å². The Morgan fingerprint density at radius 1 is 0.625 bits per heavy atom. The number of benzene rings is 3. The minimum Gasteiger partial charge on any atom is -1.00 e. The van der Waals surface area contributed by atoms with Crippen molar-refractivity contribution in [2.24, 2.45) is 0 Å². The summed E-state index contributed by atoms with van der Waals surface area (Å²) in [6.45, 7) is 5.27. The molecule has 0 aliphatic heterocycles. The molecule has 0 N–H and O–H groups in total. The normalized spacial score (nSPS) is 9.00. The molecule has 0 radical (unpaired) electrons. The van der Waals surface area contributed by atoms with Crippen molar-refractivity contribution < 1.29 is 46.5 Å². The summed E-state index contributed by atoms with van der Waals surface area (Å²) in [6, 6.07) is 39.8. The van der Waals surface area contributed by atoms with Gasteiger partial charge in [-0.1, -0.05) is 48.9 Å². The molecule has 0 nitrogen and oxygen atoms in total. The number of unbranched alkanes of at least 4 members (excludes halogenated alkanes) is 1. The van der Waals surface area contributed by atoms with Gasteiger partial charge in [0.2, 0.25) is 0 Å². The topological polar surface area (TPSA) is 0 Å². The molecule has 3 heteroatoms. The van der Waals surface area contributed by atoms with Crippen LogP contribution in [0.4, 0.5) is 0 Å². The van der Waals surface area contributed by atoms with Gasteiger partial charge in [-0.2, -0.15) is 35.0 Å². The van der Waals surface area contributed by atoms with Gasteiger partial charge in [0, 0.05) is 0 Å². The minimum absolute atomic E-state index is 0. The maximum Gasteiger partial charge on any atom is 2.00 e. The summed E-state index contributed by atoms with van der Waals surface area (Å²) in [5.74, 6) is 0. The van der Waals surface area contributed by atoms with Crippen molar-refractivity contribution >= 4 is 21.5 Å². The van der Waals surface area contributed by atoms with Gasteiger partial charge in [-0.15, -0.1) is 59.3 Å². The van der Waals surface area contributed by atoms with Crippen LogP contribution in [0.5, 0.6) is 0 Å². The van der Waals surface area contributed by atoms with Crippen molar-refractivity contribution in [2.45, 2.75) is 19.3 Å². The zero-order valence-corrected chi connectivity index (χ0v) is 21.1. The molecule has 5 aromatic rings. The Bertz CT molecular complexity index is 983. The van der Waals surface area contributed by atoms with Crippen LogP contribution in [0.25, 0.3) is 21.5 Å². The Morgan fingerprint density at radius 2 is 1.09 bits per heavy atom. The van der Waals surface area contributed by atoms with Crippen LogP contribution in [-0.2, 0) is 28.1 Å². The molecular weight excluding hydrogens is 467 g/mol. The summed E-state index contributed by atoms with van der Waals surface area (Å²) >= 11 is 0. The molecule has 0 saturated carbocycles. The molecule has 5 aromatic carbocycles. The van der Waals surface area contributed by atoms with E-state index in [9.17, 15) is 0 Å². The molecule has 0 fully saturated rings. The Kier molecular flexibility index (Phi) is 16.3. The van der Waals surface area contributed by atoms with Crippen molar-refractivity contribution in [1.82, 2.24) is 0 Å². The van der Waals surface area contributed by atoms with Crippen LogP contribution >= 0.6 is 0 Å². The van der Waals surface area contributed by atoms with Gasteiger partial charge in [0.05, 0.1) is 0 Å². The largest absolute Gasteiger partial charge is 2.00 e. The zero-order chi connectivity index (χ0) is 20.2. The van der Waals surface area contributed by atoms with Crippen LogP contribution in [0.15, 0.2) is 121 Å². The summed E-state index contributed by atoms with van der Waals surface area (Å²) in [4.78, 5) is 0. The summed E-state index contributed by atoms with van der Waals surface area (Å²) in [6.07, 6.45) is 5.02. The molecule has 0 saturated heterocycles. The molecule has 0 amide bonds. The van der Waals surface area contributed by atoms with Gasteiger partial charge in [0.15, 0.2) is 0 Å². The van der Waals surface area contributed by atoms with E-state index in [1.54, 1.807) is 6.08 Å². The standard InChI is InChI=1S/C11H13.2C9H7.2ClH.Ti/c1-2-3-5-8-11-9-6-4-7-10-11;2*1-2-5-9-7-3-6-8(9)4-1;;;/h1-2,4,6-7,9-10H,3,5,8H2;2*1-7H;2*1H;/q3*-1;;;+2/p-2. The second kappa shape index (κ2) is 17.5. The predicted molar refractivity (Wildman–Crippen MR) is 127 cm³/mol. The maximum atomic E-state index is 5.27. The van der Waals surface area contributed by atoms with Crippen molar-refractivity contribution in [2.75, 3.05) is 0 Å². The molecule has 0 aromatic heterocycles. The first-order chi connectivity index (χ1) is 14.4. The van der Waals surface area contributed by atoms with Crippen molar-refractivity contribution in [3.63, 3.8) is 0 Å². The number of allylic oxidation sites excluding steroid dienone is 1. The first kappa shape index (κ1) is 29.9. The van der Waals surface area contributed by atoms with E-state index in [0.29, 0.717) is 0 Å². The summed E-state index contributed by atoms with van der Waals surface area (Å²) < 4.78 is 0. The van der Waals surface area contributed by atoms with Gasteiger partial charge in [0.25, 0.3) is 0 Å². The number of fused-ring (bicyclic) bond motifs is 2. The first-order valence-corrected chi connectivity index (χ1v) is 10.1. The molecular formula is C29H27Cl2Ti-3. The van der Waals surface area contributed by atoms with E-state index >= 15 is 0 Å². The number of halogens is 2. The molecule has 0 unspecified atom stereocenters. The second-order valence-electron chi connectivity index (χ2n) is 6.92. The monoisotopic (exact) mass is 493 g/mol. The first-order valence-electron chi connectivity index (χ1n) is 10.1. The van der Waals surface area contributed by atoms with Crippen LogP contribution in [0.2, 0.25) is 0 Å². The zero-order valence-electron chi connectivity index (χ0n) is 18.0. The quantitative estimate of drug-likeness (QED) is 0.204. The average Bonchev–Trinajstić information content (AvgIpc) is 3.45. The van der Waals surface area contributed by atoms with Gasteiger partial charge in [-0.05, 0) is 18.4 Å². The summed E-state index contributed by atoms with van der Waals surface area (Å²) in [5.41, 5.74) is 1.40. The molecule has 0 heterocycles. The summed E-state index contributed by atoms with van der Waals surface area (Å²) in [7, 11) is 0. The molecule has 164 valence electrons. The SMILES string of the molecule is [CH-]=CCCCc1ccccc1.[Cl-].[Cl-].[Ti+2].c1ccc2[cH-]ccc2c1.c1ccc2[cH-]ccc2c1. The van der Waals surface area contributed by atoms with E-state index in [1.807, 2.05) is 6.07 Å². The van der Waals surface area contributed by atoms with Gasteiger partial charge in [0.1, 0.15) is 0 Å². The average molecular weight is 494 g/mol. The second-order valence-corrected chi connectivity index (χ2v) is 6.92. The Balaban J connectivity index is 0.000000432. The number of hydrogen-bond donors (Lipinski definition) is 0. The van der Waals surface area contributed by atoms with Gasteiger partial charge < -0.3 is 31.4 Å². The van der Waals surface area contributed by atoms with Crippen molar-refractivity contribution in [1.29, 1.82) is 0 Å². The van der Waals surface area contributed by atoms with Crippen LogP contribution in [0.3, 0.4) is 0 Å². The molecule has 0 aliphatic carbocycles. The van der Waals surface area contributed by atoms with E-state index in [0.717, 1.165) is 19.3 Å². The Labute approximate surface area is 219 Å². The smallest absolute Gasteiger partial charge is 1.00 e. The maximum absolute atomic E-state index is 5.27. The fraction of sp³-hybridized carbons (Fsp3) is 0.103. The molecule has 0 spiro atoms. The molecule has 5 rings (SSSR count). The Hall–Kier alpha value is -2.09. The van der Waals surface area contributed by atoms with Gasteiger partial charge in [-0.25, -0.2) is 0 Å². The molecule has 32 heavy (non-hydrogen) atoms. The van der Waals surface area contributed by atoms with Crippen molar-refractivity contribution in [3.05, 3.63) is 133 Å². The van der Waals surface area contributed by atoms with E-state index in [1.165, 1.54) is 27.1 Å². The van der Waals surface area contributed by atoms with Crippen LogP contribution in [-0.4, -0.2) is 0 Å². The molecule has 0 bridgehead atoms. The fourth-order valence-electron chi connectivity index (χ4n) is 3.21. The van der Waals surface area contributed by atoms with Gasteiger partial charge >= 0.3 is 21.7 Å². The fourth-order valence-corrected chi connectivity index (χ4v) is 3.21. The van der Waals surface area contributed by atoms with Crippen LogP contribution in [0.1, 0.15) is 18.4 Å². The van der Waals surface area contributed by atoms with E-state index < -0.39 is 0 Å².